The first-order valence-corrected chi connectivity index (χ1v) is 15.7. The molecule has 4 aromatic heterocycles. The molecule has 0 bridgehead atoms. The molecule has 0 unspecified atom stereocenters. The Morgan fingerprint density at radius 3 is 2.35 bits per heavy atom. The molecule has 0 saturated heterocycles. The number of aromatic nitrogens is 7. The molecular formula is C36H43N7. The van der Waals surface area contributed by atoms with E-state index in [4.69, 9.17) is 15.2 Å². The molecule has 0 radical (unpaired) electrons. The van der Waals surface area contributed by atoms with Gasteiger partial charge in [-0.05, 0) is 43.4 Å². The number of nitrogens with zero attached hydrogens (tertiary/aromatic N) is 7. The van der Waals surface area contributed by atoms with Gasteiger partial charge < -0.3 is 0 Å². The first-order chi connectivity index (χ1) is 20.7. The topological polar surface area (TPSA) is 66.3 Å². The number of hydrogen-bond acceptors (Lipinski definition) is 4. The first-order valence-electron chi connectivity index (χ1n) is 15.7. The van der Waals surface area contributed by atoms with Gasteiger partial charge in [-0.15, -0.1) is 0 Å². The molecule has 222 valence electrons. The van der Waals surface area contributed by atoms with Crippen molar-refractivity contribution in [2.24, 2.45) is 7.05 Å². The number of hydrogen-bond donors (Lipinski definition) is 0. The number of fused-ring (bicyclic) bond motifs is 2. The Balaban J connectivity index is 0.00000161. The van der Waals surface area contributed by atoms with Crippen molar-refractivity contribution in [1.82, 2.24) is 34.3 Å². The van der Waals surface area contributed by atoms with Crippen molar-refractivity contribution < 1.29 is 0 Å². The van der Waals surface area contributed by atoms with E-state index >= 15 is 0 Å². The van der Waals surface area contributed by atoms with Crippen LogP contribution in [0.2, 0.25) is 0 Å². The Bertz CT molecular complexity index is 1900. The minimum absolute atomic E-state index is 0.0637. The van der Waals surface area contributed by atoms with Gasteiger partial charge in [-0.3, -0.25) is 9.36 Å². The van der Waals surface area contributed by atoms with Crippen molar-refractivity contribution in [2.75, 3.05) is 0 Å². The van der Waals surface area contributed by atoms with E-state index in [-0.39, 0.29) is 5.41 Å². The molecule has 7 rings (SSSR count). The van der Waals surface area contributed by atoms with E-state index in [1.165, 1.54) is 11.1 Å². The van der Waals surface area contributed by atoms with Gasteiger partial charge in [0.1, 0.15) is 0 Å². The molecule has 4 heterocycles. The molecule has 1 fully saturated rings. The van der Waals surface area contributed by atoms with Crippen LogP contribution in [0.15, 0.2) is 67.0 Å². The maximum absolute atomic E-state index is 5.37. The summed E-state index contributed by atoms with van der Waals surface area (Å²) < 4.78 is 6.08. The smallest absolute Gasteiger partial charge is 0.181 e. The third-order valence-corrected chi connectivity index (χ3v) is 8.81. The maximum atomic E-state index is 5.37. The molecule has 0 N–H and O–H groups in total. The highest BCUT2D eigenvalue weighted by atomic mass is 15.3. The summed E-state index contributed by atoms with van der Waals surface area (Å²) in [5, 5.41) is 17.1. The second-order valence-corrected chi connectivity index (χ2v) is 12.4. The minimum Gasteiger partial charge on any atom is -0.273 e. The van der Waals surface area contributed by atoms with Crippen LogP contribution in [0.1, 0.15) is 88.7 Å². The molecule has 0 spiro atoms. The lowest BCUT2D eigenvalue weighted by molar-refractivity contribution is 0.547. The van der Waals surface area contributed by atoms with Crippen LogP contribution in [-0.2, 0) is 19.0 Å². The summed E-state index contributed by atoms with van der Waals surface area (Å²) >= 11 is 0. The summed E-state index contributed by atoms with van der Waals surface area (Å²) in [4.78, 5) is 5.10. The monoisotopic (exact) mass is 573 g/mol. The van der Waals surface area contributed by atoms with E-state index in [9.17, 15) is 0 Å². The fourth-order valence-corrected chi connectivity index (χ4v) is 6.29. The maximum Gasteiger partial charge on any atom is 0.181 e. The molecule has 2 aromatic carbocycles. The van der Waals surface area contributed by atoms with Gasteiger partial charge in [0.25, 0.3) is 0 Å². The molecule has 43 heavy (non-hydrogen) atoms. The molecule has 1 atom stereocenters. The molecule has 1 aliphatic carbocycles. The Kier molecular flexibility index (Phi) is 7.45. The van der Waals surface area contributed by atoms with E-state index in [1.54, 1.807) is 0 Å². The van der Waals surface area contributed by atoms with Gasteiger partial charge in [0.15, 0.2) is 5.65 Å². The van der Waals surface area contributed by atoms with Gasteiger partial charge >= 0.3 is 0 Å². The van der Waals surface area contributed by atoms with Crippen molar-refractivity contribution in [3.8, 4) is 16.9 Å². The number of aryl methyl sites for hydroxylation is 1. The standard InChI is InChI=1S/C34H37N7.C2H6/c1-21(2)30-23(4)41(29-17-25-19-39(6)38-33(25)35-32(29)34(5)15-16-34)37-31(30)26-13-10-14-28-27(26)20-40(36-28)18-22(3)24-11-8-7-9-12-24;1-2/h7-14,17,19-22H,15-16,18H2,1-6H3;1-2H3/t22-;/m0./s1. The van der Waals surface area contributed by atoms with Crippen LogP contribution in [0.4, 0.5) is 0 Å². The van der Waals surface area contributed by atoms with Gasteiger partial charge in [0, 0.05) is 64.9 Å². The van der Waals surface area contributed by atoms with E-state index in [0.717, 1.165) is 69.7 Å². The van der Waals surface area contributed by atoms with Gasteiger partial charge in [-0.1, -0.05) is 84.0 Å². The third kappa shape index (κ3) is 5.15. The summed E-state index contributed by atoms with van der Waals surface area (Å²) in [6, 6.07) is 19.3. The van der Waals surface area contributed by atoms with Crippen LogP contribution in [0.5, 0.6) is 0 Å². The molecule has 1 saturated carbocycles. The average Bonchev–Trinajstić information content (AvgIpc) is 3.30. The highest BCUT2D eigenvalue weighted by molar-refractivity contribution is 5.94. The number of benzene rings is 2. The van der Waals surface area contributed by atoms with Crippen LogP contribution in [0.3, 0.4) is 0 Å². The Labute approximate surface area is 254 Å². The number of rotatable bonds is 7. The molecule has 0 aliphatic heterocycles. The highest BCUT2D eigenvalue weighted by Crippen LogP contribution is 2.49. The zero-order valence-corrected chi connectivity index (χ0v) is 26.8. The van der Waals surface area contributed by atoms with Gasteiger partial charge in [0.05, 0.1) is 22.6 Å². The van der Waals surface area contributed by atoms with Crippen LogP contribution >= 0.6 is 0 Å². The molecule has 1 aliphatic rings. The average molecular weight is 574 g/mol. The summed E-state index contributed by atoms with van der Waals surface area (Å²) in [6.45, 7) is 16.1. The largest absolute Gasteiger partial charge is 0.273 e. The van der Waals surface area contributed by atoms with E-state index in [1.807, 2.05) is 31.8 Å². The summed E-state index contributed by atoms with van der Waals surface area (Å²) in [6.07, 6.45) is 6.51. The SMILES string of the molecule is CC.Cc1c(C(C)C)c(-c2cccc3nn(C[C@H](C)c4ccccc4)cc23)nn1-c1cc2cn(C)nc2nc1C1(C)CC1. The Morgan fingerprint density at radius 1 is 0.907 bits per heavy atom. The lowest BCUT2D eigenvalue weighted by Crippen LogP contribution is -2.12. The van der Waals surface area contributed by atoms with Gasteiger partial charge in [-0.25, -0.2) is 9.67 Å². The quantitative estimate of drug-likeness (QED) is 0.192. The number of pyridine rings is 1. The van der Waals surface area contributed by atoms with Crippen molar-refractivity contribution in [2.45, 2.75) is 85.1 Å². The minimum atomic E-state index is 0.0637. The second-order valence-electron chi connectivity index (χ2n) is 12.4. The summed E-state index contributed by atoms with van der Waals surface area (Å²) in [5.74, 6) is 0.663. The van der Waals surface area contributed by atoms with Gasteiger partial charge in [0.2, 0.25) is 0 Å². The highest BCUT2D eigenvalue weighted by Gasteiger charge is 2.43. The zero-order chi connectivity index (χ0) is 30.5. The molecular weight excluding hydrogens is 530 g/mol. The Hall–Kier alpha value is -4.26. The van der Waals surface area contributed by atoms with Crippen LogP contribution in [0.25, 0.3) is 38.9 Å². The van der Waals surface area contributed by atoms with Crippen molar-refractivity contribution in [3.63, 3.8) is 0 Å². The van der Waals surface area contributed by atoms with E-state index < -0.39 is 0 Å². The van der Waals surface area contributed by atoms with Crippen LogP contribution in [0, 0.1) is 6.92 Å². The normalized spacial score (nSPS) is 14.7. The summed E-state index contributed by atoms with van der Waals surface area (Å²) in [5.41, 5.74) is 9.92. The van der Waals surface area contributed by atoms with Crippen LogP contribution in [-0.4, -0.2) is 34.3 Å². The van der Waals surface area contributed by atoms with Gasteiger partial charge in [-0.2, -0.15) is 15.3 Å². The van der Waals surface area contributed by atoms with Crippen molar-refractivity contribution in [3.05, 3.63) is 89.5 Å². The molecule has 7 heteroatoms. The molecule has 6 aromatic rings. The predicted octanol–water partition coefficient (Wildman–Crippen LogP) is 8.48. The van der Waals surface area contributed by atoms with E-state index in [0.29, 0.717) is 11.8 Å². The fourth-order valence-electron chi connectivity index (χ4n) is 6.29. The molecule has 7 nitrogen and oxygen atoms in total. The predicted molar refractivity (Wildman–Crippen MR) is 176 cm³/mol. The first kappa shape index (κ1) is 28.8. The lowest BCUT2D eigenvalue weighted by Gasteiger charge is -2.15. The van der Waals surface area contributed by atoms with Crippen molar-refractivity contribution in [1.29, 1.82) is 0 Å². The lowest BCUT2D eigenvalue weighted by atomic mass is 9.95. The zero-order valence-electron chi connectivity index (χ0n) is 26.8. The summed E-state index contributed by atoms with van der Waals surface area (Å²) in [7, 11) is 1.95. The second kappa shape index (κ2) is 11.1. The van der Waals surface area contributed by atoms with Crippen LogP contribution < -0.4 is 0 Å². The van der Waals surface area contributed by atoms with E-state index in [2.05, 4.69) is 110 Å². The molecule has 0 amide bonds. The third-order valence-electron chi connectivity index (χ3n) is 8.81. The van der Waals surface area contributed by atoms with Crippen molar-refractivity contribution >= 4 is 21.9 Å². The Morgan fingerprint density at radius 2 is 1.65 bits per heavy atom. The fraction of sp³-hybridized carbons (Fsp3) is 0.389.